The molecule has 0 radical (unpaired) electrons. The Balaban J connectivity index is 1.52. The van der Waals surface area contributed by atoms with Crippen molar-refractivity contribution < 1.29 is 4.79 Å². The van der Waals surface area contributed by atoms with Crippen molar-refractivity contribution in [1.82, 2.24) is 14.0 Å². The predicted octanol–water partition coefficient (Wildman–Crippen LogP) is 3.29. The van der Waals surface area contributed by atoms with E-state index in [2.05, 4.69) is 41.2 Å². The number of rotatable bonds is 4. The maximum Gasteiger partial charge on any atom is 0.254 e. The van der Waals surface area contributed by atoms with Gasteiger partial charge in [-0.3, -0.25) is 9.20 Å². The summed E-state index contributed by atoms with van der Waals surface area (Å²) in [6.45, 7) is 2.77. The molecule has 0 saturated carbocycles. The van der Waals surface area contributed by atoms with Crippen molar-refractivity contribution in [3.63, 3.8) is 0 Å². The molecule has 25 heavy (non-hydrogen) atoms. The molecule has 0 unspecified atom stereocenters. The molecule has 3 heterocycles. The molecule has 0 atom stereocenters. The Hall–Kier alpha value is -2.51. The van der Waals surface area contributed by atoms with E-state index in [4.69, 9.17) is 0 Å². The number of nitrogens with zero attached hydrogens (tertiary/aromatic N) is 4. The lowest BCUT2D eigenvalue weighted by Crippen LogP contribution is -2.17. The van der Waals surface area contributed by atoms with Crippen LogP contribution in [0.1, 0.15) is 16.8 Å². The van der Waals surface area contributed by atoms with Gasteiger partial charge in [-0.05, 0) is 12.5 Å². The van der Waals surface area contributed by atoms with E-state index in [0.29, 0.717) is 11.3 Å². The Bertz CT molecular complexity index is 1050. The number of amides is 1. The van der Waals surface area contributed by atoms with E-state index in [1.54, 1.807) is 11.3 Å². The zero-order valence-electron chi connectivity index (χ0n) is 13.6. The van der Waals surface area contributed by atoms with Crippen LogP contribution in [0.4, 0.5) is 0 Å². The van der Waals surface area contributed by atoms with Crippen LogP contribution in [0.2, 0.25) is 0 Å². The van der Waals surface area contributed by atoms with Crippen LogP contribution in [0.5, 0.6) is 0 Å². The monoisotopic (exact) mass is 368 g/mol. The number of carbonyl (C=O) groups excluding carboxylic acids is 1. The number of fused-ring (bicyclic) bond motifs is 1. The molecule has 0 saturated heterocycles. The Labute approximate surface area is 152 Å². The summed E-state index contributed by atoms with van der Waals surface area (Å²) >= 11 is 3.02. The third-order valence-corrected chi connectivity index (χ3v) is 5.39. The van der Waals surface area contributed by atoms with Gasteiger partial charge in [-0.1, -0.05) is 29.8 Å². The Morgan fingerprint density at radius 1 is 1.16 bits per heavy atom. The van der Waals surface area contributed by atoms with Gasteiger partial charge in [-0.15, -0.1) is 22.7 Å². The number of thiazole rings is 2. The molecule has 4 rings (SSSR count). The highest BCUT2D eigenvalue weighted by atomic mass is 32.1. The first-order chi connectivity index (χ1) is 12.2. The maximum atomic E-state index is 12.3. The number of aryl methyl sites for hydroxylation is 1. The van der Waals surface area contributed by atoms with Crippen molar-refractivity contribution >= 4 is 33.5 Å². The summed E-state index contributed by atoms with van der Waals surface area (Å²) < 4.78 is 3.93. The van der Waals surface area contributed by atoms with Gasteiger partial charge in [-0.2, -0.15) is 4.99 Å². The standard InChI is InChI=1S/C18H16N4OS2/c1-13-2-4-14(5-3-13)11-21-6-8-25-18(21)20-16(23)10-15-12-22-7-9-24-17(22)19-15/h2-9,12H,10-11H2,1H3. The minimum absolute atomic E-state index is 0.175. The lowest BCUT2D eigenvalue weighted by molar-refractivity contribution is -0.117. The van der Waals surface area contributed by atoms with Crippen molar-refractivity contribution in [3.8, 4) is 0 Å². The van der Waals surface area contributed by atoms with Gasteiger partial charge in [0.05, 0.1) is 12.1 Å². The first-order valence-corrected chi connectivity index (χ1v) is 9.61. The van der Waals surface area contributed by atoms with Crippen LogP contribution in [0, 0.1) is 6.92 Å². The third kappa shape index (κ3) is 3.62. The molecular formula is C18H16N4OS2. The van der Waals surface area contributed by atoms with E-state index in [-0.39, 0.29) is 12.3 Å². The van der Waals surface area contributed by atoms with Crippen molar-refractivity contribution in [2.24, 2.45) is 4.99 Å². The smallest absolute Gasteiger partial charge is 0.254 e. The van der Waals surface area contributed by atoms with Gasteiger partial charge in [0.15, 0.2) is 9.76 Å². The van der Waals surface area contributed by atoms with E-state index in [1.165, 1.54) is 22.5 Å². The molecule has 5 nitrogen and oxygen atoms in total. The molecular weight excluding hydrogens is 352 g/mol. The number of hydrogen-bond acceptors (Lipinski definition) is 4. The van der Waals surface area contributed by atoms with Crippen LogP contribution in [-0.2, 0) is 17.8 Å². The lowest BCUT2D eigenvalue weighted by Gasteiger charge is -2.03. The van der Waals surface area contributed by atoms with Crippen LogP contribution in [0.15, 0.2) is 58.6 Å². The van der Waals surface area contributed by atoms with E-state index in [9.17, 15) is 4.79 Å². The Morgan fingerprint density at radius 3 is 2.76 bits per heavy atom. The topological polar surface area (TPSA) is 51.7 Å². The van der Waals surface area contributed by atoms with Crippen molar-refractivity contribution in [2.45, 2.75) is 19.9 Å². The fourth-order valence-electron chi connectivity index (χ4n) is 2.56. The summed E-state index contributed by atoms with van der Waals surface area (Å²) in [6.07, 6.45) is 6.00. The van der Waals surface area contributed by atoms with Gasteiger partial charge < -0.3 is 4.57 Å². The third-order valence-electron chi connectivity index (χ3n) is 3.83. The normalized spacial score (nSPS) is 12.1. The van der Waals surface area contributed by atoms with Crippen LogP contribution < -0.4 is 4.80 Å². The van der Waals surface area contributed by atoms with Gasteiger partial charge in [0, 0.05) is 35.9 Å². The zero-order valence-corrected chi connectivity index (χ0v) is 15.3. The minimum Gasteiger partial charge on any atom is -0.319 e. The average Bonchev–Trinajstić information content (AvgIpc) is 3.27. The first-order valence-electron chi connectivity index (χ1n) is 7.85. The molecule has 3 aromatic heterocycles. The highest BCUT2D eigenvalue weighted by Crippen LogP contribution is 2.12. The Kier molecular flexibility index (Phi) is 4.33. The van der Waals surface area contributed by atoms with Crippen LogP contribution in [0.3, 0.4) is 0 Å². The van der Waals surface area contributed by atoms with Gasteiger partial charge in [0.25, 0.3) is 5.91 Å². The second-order valence-corrected chi connectivity index (χ2v) is 7.55. The summed E-state index contributed by atoms with van der Waals surface area (Å²) in [5, 5.41) is 3.92. The van der Waals surface area contributed by atoms with Gasteiger partial charge in [0.2, 0.25) is 0 Å². The fourth-order valence-corrected chi connectivity index (χ4v) is 4.02. The molecule has 0 N–H and O–H groups in total. The van der Waals surface area contributed by atoms with Crippen molar-refractivity contribution in [3.05, 3.63) is 75.2 Å². The van der Waals surface area contributed by atoms with Crippen LogP contribution in [-0.4, -0.2) is 19.9 Å². The van der Waals surface area contributed by atoms with E-state index < -0.39 is 0 Å². The number of carbonyl (C=O) groups is 1. The molecule has 0 bridgehead atoms. The molecule has 4 aromatic rings. The lowest BCUT2D eigenvalue weighted by atomic mass is 10.1. The summed E-state index contributed by atoms with van der Waals surface area (Å²) in [7, 11) is 0. The fraction of sp³-hybridized carbons (Fsp3) is 0.167. The number of imidazole rings is 1. The molecule has 0 aliphatic heterocycles. The van der Waals surface area contributed by atoms with E-state index >= 15 is 0 Å². The highest BCUT2D eigenvalue weighted by molar-refractivity contribution is 7.15. The molecule has 7 heteroatoms. The predicted molar refractivity (Wildman–Crippen MR) is 99.9 cm³/mol. The van der Waals surface area contributed by atoms with Gasteiger partial charge in [-0.25, -0.2) is 4.98 Å². The van der Waals surface area contributed by atoms with E-state index in [0.717, 1.165) is 10.7 Å². The minimum atomic E-state index is -0.175. The quantitative estimate of drug-likeness (QED) is 0.555. The number of hydrogen-bond donors (Lipinski definition) is 0. The molecule has 0 aliphatic carbocycles. The van der Waals surface area contributed by atoms with Crippen molar-refractivity contribution in [2.75, 3.05) is 0 Å². The molecule has 0 fully saturated rings. The summed E-state index contributed by atoms with van der Waals surface area (Å²) in [4.78, 5) is 22.6. The second-order valence-electron chi connectivity index (χ2n) is 5.81. The SMILES string of the molecule is Cc1ccc(Cn2ccsc2=NC(=O)Cc2cn3ccsc3n2)cc1. The van der Waals surface area contributed by atoms with Crippen LogP contribution >= 0.6 is 22.7 Å². The summed E-state index contributed by atoms with van der Waals surface area (Å²) in [6, 6.07) is 8.39. The maximum absolute atomic E-state index is 12.3. The van der Waals surface area contributed by atoms with E-state index in [1.807, 2.05) is 38.3 Å². The average molecular weight is 368 g/mol. The summed E-state index contributed by atoms with van der Waals surface area (Å²) in [5.74, 6) is -0.175. The molecule has 0 aliphatic rings. The molecule has 126 valence electrons. The molecule has 1 amide bonds. The number of benzene rings is 1. The second kappa shape index (κ2) is 6.78. The zero-order chi connectivity index (χ0) is 17.2. The van der Waals surface area contributed by atoms with Crippen LogP contribution in [0.25, 0.3) is 4.96 Å². The Morgan fingerprint density at radius 2 is 1.96 bits per heavy atom. The highest BCUT2D eigenvalue weighted by Gasteiger charge is 2.08. The van der Waals surface area contributed by atoms with Gasteiger partial charge in [0.1, 0.15) is 0 Å². The molecule has 1 aromatic carbocycles. The van der Waals surface area contributed by atoms with Gasteiger partial charge >= 0.3 is 0 Å². The number of aromatic nitrogens is 3. The first kappa shape index (κ1) is 16.0. The van der Waals surface area contributed by atoms with Crippen molar-refractivity contribution in [1.29, 1.82) is 0 Å². The summed E-state index contributed by atoms with van der Waals surface area (Å²) in [5.41, 5.74) is 3.17. The largest absolute Gasteiger partial charge is 0.319 e. The molecule has 0 spiro atoms.